The Balaban J connectivity index is 1.36. The lowest BCUT2D eigenvalue weighted by atomic mass is 10.0. The first kappa shape index (κ1) is 28.3. The highest BCUT2D eigenvalue weighted by molar-refractivity contribution is 5.83. The van der Waals surface area contributed by atoms with E-state index in [0.717, 1.165) is 79.0 Å². The molecular formula is C33H41N7O2. The molecule has 9 heteroatoms. The van der Waals surface area contributed by atoms with Crippen molar-refractivity contribution >= 4 is 22.3 Å². The van der Waals surface area contributed by atoms with Crippen molar-refractivity contribution in [2.24, 2.45) is 0 Å². The van der Waals surface area contributed by atoms with Gasteiger partial charge in [0.15, 0.2) is 5.43 Å². The molecule has 6 rings (SSSR count). The Morgan fingerprint density at radius 3 is 2.57 bits per heavy atom. The zero-order chi connectivity index (χ0) is 29.2. The van der Waals surface area contributed by atoms with Crippen LogP contribution in [-0.4, -0.2) is 68.1 Å². The minimum absolute atomic E-state index is 0.0943. The lowest BCUT2D eigenvalue weighted by Gasteiger charge is -2.40. The van der Waals surface area contributed by atoms with Crippen LogP contribution in [0.2, 0.25) is 0 Å². The third-order valence-electron chi connectivity index (χ3n) is 8.74. The summed E-state index contributed by atoms with van der Waals surface area (Å²) in [4.78, 5) is 25.5. The number of β-amino-alcohol motifs (C(OH)–C–C–N with tert-alkyl or cyclic N) is 1. The number of hydrogen-bond donors (Lipinski definition) is 1. The lowest BCUT2D eigenvalue weighted by Crippen LogP contribution is -2.48. The number of nitrogens with zero attached hydrogens (tertiary/aromatic N) is 7. The van der Waals surface area contributed by atoms with Gasteiger partial charge in [0.2, 0.25) is 0 Å². The van der Waals surface area contributed by atoms with Crippen molar-refractivity contribution in [3.63, 3.8) is 0 Å². The molecule has 2 aliphatic rings. The number of anilines is 2. The molecular weight excluding hydrogens is 526 g/mol. The zero-order valence-corrected chi connectivity index (χ0v) is 24.9. The third kappa shape index (κ3) is 6.03. The molecule has 42 heavy (non-hydrogen) atoms. The summed E-state index contributed by atoms with van der Waals surface area (Å²) in [5.74, 6) is 0. The van der Waals surface area contributed by atoms with E-state index in [1.165, 1.54) is 5.56 Å². The van der Waals surface area contributed by atoms with E-state index in [4.69, 9.17) is 0 Å². The van der Waals surface area contributed by atoms with E-state index in [1.54, 1.807) is 6.20 Å². The largest absolute Gasteiger partial charge is 0.391 e. The number of aliphatic hydroxyl groups excluding tert-OH is 1. The SMILES string of the molecule is Cc1cc(CN(Cc2cn(C(C)C)c3cc(N4CC[C@@H](O)C4)ccc3c2=O)[C@H]2CCCN(c3ccnnc3)C2)ccn1. The van der Waals surface area contributed by atoms with Crippen molar-refractivity contribution in [3.8, 4) is 0 Å². The van der Waals surface area contributed by atoms with Gasteiger partial charge in [0.05, 0.1) is 29.7 Å². The monoisotopic (exact) mass is 567 g/mol. The van der Waals surface area contributed by atoms with Crippen molar-refractivity contribution in [2.45, 2.75) is 71.3 Å². The van der Waals surface area contributed by atoms with E-state index in [2.05, 4.69) is 72.7 Å². The van der Waals surface area contributed by atoms with Crippen LogP contribution >= 0.6 is 0 Å². The predicted octanol–water partition coefficient (Wildman–Crippen LogP) is 4.32. The van der Waals surface area contributed by atoms with Crippen LogP contribution in [0.4, 0.5) is 11.4 Å². The molecule has 0 bridgehead atoms. The molecule has 1 N–H and O–H groups in total. The number of fused-ring (bicyclic) bond motifs is 1. The fourth-order valence-corrected chi connectivity index (χ4v) is 6.54. The van der Waals surface area contributed by atoms with E-state index in [1.807, 2.05) is 37.5 Å². The normalized spacial score (nSPS) is 19.4. The molecule has 220 valence electrons. The van der Waals surface area contributed by atoms with Crippen molar-refractivity contribution in [3.05, 3.63) is 88.2 Å². The van der Waals surface area contributed by atoms with Gasteiger partial charge in [0.25, 0.3) is 0 Å². The maximum absolute atomic E-state index is 14.1. The molecule has 1 aromatic carbocycles. The average Bonchev–Trinajstić information content (AvgIpc) is 3.44. The molecule has 9 nitrogen and oxygen atoms in total. The van der Waals surface area contributed by atoms with E-state index in [9.17, 15) is 9.90 Å². The summed E-state index contributed by atoms with van der Waals surface area (Å²) in [5, 5.41) is 18.9. The summed E-state index contributed by atoms with van der Waals surface area (Å²) in [7, 11) is 0. The van der Waals surface area contributed by atoms with E-state index < -0.39 is 0 Å². The van der Waals surface area contributed by atoms with Crippen molar-refractivity contribution in [1.29, 1.82) is 0 Å². The minimum atomic E-state index is -0.295. The molecule has 0 amide bonds. The van der Waals surface area contributed by atoms with Crippen molar-refractivity contribution < 1.29 is 5.11 Å². The lowest BCUT2D eigenvalue weighted by molar-refractivity contribution is 0.158. The van der Waals surface area contributed by atoms with Gasteiger partial charge in [-0.25, -0.2) is 0 Å². The van der Waals surface area contributed by atoms with Crippen LogP contribution in [0.25, 0.3) is 10.9 Å². The number of piperidine rings is 1. The molecule has 2 fully saturated rings. The van der Waals surface area contributed by atoms with Crippen LogP contribution in [0, 0.1) is 6.92 Å². The number of aryl methyl sites for hydroxylation is 1. The van der Waals surface area contributed by atoms with E-state index in [-0.39, 0.29) is 23.6 Å². The fraction of sp³-hybridized carbons (Fsp3) is 0.455. The molecule has 0 aliphatic carbocycles. The molecule has 2 aliphatic heterocycles. The Morgan fingerprint density at radius 1 is 0.976 bits per heavy atom. The highest BCUT2D eigenvalue weighted by Crippen LogP contribution is 2.28. The van der Waals surface area contributed by atoms with E-state index in [0.29, 0.717) is 13.1 Å². The Hall–Kier alpha value is -3.82. The number of aromatic nitrogens is 4. The van der Waals surface area contributed by atoms with Gasteiger partial charge in [-0.15, -0.1) is 0 Å². The molecule has 2 saturated heterocycles. The smallest absolute Gasteiger partial charge is 0.193 e. The van der Waals surface area contributed by atoms with Gasteiger partial charge in [-0.3, -0.25) is 14.7 Å². The molecule has 5 heterocycles. The first-order valence-electron chi connectivity index (χ1n) is 15.1. The van der Waals surface area contributed by atoms with Gasteiger partial charge in [-0.1, -0.05) is 0 Å². The second-order valence-corrected chi connectivity index (χ2v) is 12.1. The Kier molecular flexibility index (Phi) is 8.22. The summed E-state index contributed by atoms with van der Waals surface area (Å²) in [6.07, 6.45) is 10.1. The van der Waals surface area contributed by atoms with Crippen LogP contribution < -0.4 is 15.2 Å². The molecule has 0 unspecified atom stereocenters. The molecule has 0 saturated carbocycles. The third-order valence-corrected chi connectivity index (χ3v) is 8.74. The zero-order valence-electron chi connectivity index (χ0n) is 24.9. The highest BCUT2D eigenvalue weighted by atomic mass is 16.3. The average molecular weight is 568 g/mol. The first-order chi connectivity index (χ1) is 20.4. The maximum Gasteiger partial charge on any atom is 0.193 e. The summed E-state index contributed by atoms with van der Waals surface area (Å²) in [5.41, 5.74) is 6.20. The summed E-state index contributed by atoms with van der Waals surface area (Å²) in [6, 6.07) is 12.8. The van der Waals surface area contributed by atoms with Crippen molar-refractivity contribution in [2.75, 3.05) is 36.0 Å². The summed E-state index contributed by atoms with van der Waals surface area (Å²) >= 11 is 0. The van der Waals surface area contributed by atoms with Crippen molar-refractivity contribution in [1.82, 2.24) is 24.6 Å². The number of aliphatic hydroxyl groups is 1. The molecule has 4 aromatic rings. The second-order valence-electron chi connectivity index (χ2n) is 12.1. The topological polar surface area (TPSA) is 90.6 Å². The Morgan fingerprint density at radius 2 is 1.83 bits per heavy atom. The quantitative estimate of drug-likeness (QED) is 0.337. The summed E-state index contributed by atoms with van der Waals surface area (Å²) < 4.78 is 2.24. The Bertz CT molecular complexity index is 1590. The first-order valence-corrected chi connectivity index (χ1v) is 15.1. The molecule has 2 atom stereocenters. The van der Waals surface area contributed by atoms with Gasteiger partial charge in [-0.05, 0) is 82.0 Å². The van der Waals surface area contributed by atoms with Crippen LogP contribution in [-0.2, 0) is 13.1 Å². The van der Waals surface area contributed by atoms with Gasteiger partial charge < -0.3 is 19.5 Å². The number of pyridine rings is 2. The minimum Gasteiger partial charge on any atom is -0.391 e. The Labute approximate surface area is 247 Å². The second kappa shape index (κ2) is 12.2. The van der Waals surface area contributed by atoms with Gasteiger partial charge >= 0.3 is 0 Å². The molecule has 0 spiro atoms. The molecule has 0 radical (unpaired) electrons. The maximum atomic E-state index is 14.1. The predicted molar refractivity (Wildman–Crippen MR) is 167 cm³/mol. The molecule has 3 aromatic heterocycles. The van der Waals surface area contributed by atoms with Crippen LogP contribution in [0.5, 0.6) is 0 Å². The number of rotatable bonds is 8. The van der Waals surface area contributed by atoms with E-state index >= 15 is 0 Å². The van der Waals surface area contributed by atoms with Gasteiger partial charge in [-0.2, -0.15) is 10.2 Å². The van der Waals surface area contributed by atoms with Gasteiger partial charge in [0, 0.05) is 86.1 Å². The van der Waals surface area contributed by atoms with Crippen LogP contribution in [0.1, 0.15) is 56.0 Å². The van der Waals surface area contributed by atoms with Gasteiger partial charge in [0.1, 0.15) is 0 Å². The number of benzene rings is 1. The van der Waals surface area contributed by atoms with Crippen LogP contribution in [0.15, 0.2) is 66.0 Å². The fourth-order valence-electron chi connectivity index (χ4n) is 6.54. The number of hydrogen-bond acceptors (Lipinski definition) is 8. The highest BCUT2D eigenvalue weighted by Gasteiger charge is 2.28. The summed E-state index contributed by atoms with van der Waals surface area (Å²) in [6.45, 7) is 11.0. The standard InChI is InChI=1S/C33H41N7O2/c1-23(2)40-20-26(33(42)31-7-6-27(16-32(31)40)38-14-10-30(41)22-38)19-39(18-25-8-11-34-24(3)15-25)29-5-4-13-37(21-29)28-9-12-35-36-17-28/h6-9,11-12,15-17,20,23,29-30,41H,4-5,10,13-14,18-19,21-22H2,1-3H3/t29-,30+/m0/s1. The van der Waals surface area contributed by atoms with Crippen LogP contribution in [0.3, 0.4) is 0 Å².